The minimum atomic E-state index is -0.0362. The maximum Gasteiger partial charge on any atom is 0.251 e. The third-order valence-electron chi connectivity index (χ3n) is 2.30. The zero-order chi connectivity index (χ0) is 10.8. The van der Waals surface area contributed by atoms with Crippen LogP contribution in [0, 0.1) is 6.92 Å². The van der Waals surface area contributed by atoms with Gasteiger partial charge in [-0.05, 0) is 19.4 Å². The van der Waals surface area contributed by atoms with Gasteiger partial charge >= 0.3 is 0 Å². The number of pyridine rings is 1. The summed E-state index contributed by atoms with van der Waals surface area (Å²) in [5.74, 6) is 0. The zero-order valence-electron chi connectivity index (χ0n) is 8.69. The van der Waals surface area contributed by atoms with Gasteiger partial charge in [0.05, 0.1) is 12.4 Å². The molecule has 1 N–H and O–H groups in total. The maximum absolute atomic E-state index is 11.5. The standard InChI is InChI=1S/C10H12N4O/c1-3-8-6-9(7(2)13-10(8)15)14-11-4-5-12-14/h4-6H,3H2,1-2H3,(H,13,15). The minimum absolute atomic E-state index is 0.0362. The number of H-pyrrole nitrogens is 1. The van der Waals surface area contributed by atoms with E-state index < -0.39 is 0 Å². The molecule has 0 spiro atoms. The van der Waals surface area contributed by atoms with Crippen LogP contribution in [-0.2, 0) is 6.42 Å². The Morgan fingerprint density at radius 2 is 2.07 bits per heavy atom. The van der Waals surface area contributed by atoms with Gasteiger partial charge in [0.1, 0.15) is 5.69 Å². The normalized spacial score (nSPS) is 10.5. The van der Waals surface area contributed by atoms with Crippen LogP contribution in [0.25, 0.3) is 5.69 Å². The van der Waals surface area contributed by atoms with Gasteiger partial charge in [-0.15, -0.1) is 4.80 Å². The second kappa shape index (κ2) is 3.68. The Labute approximate surface area is 86.8 Å². The van der Waals surface area contributed by atoms with E-state index in [1.54, 1.807) is 12.4 Å². The number of rotatable bonds is 2. The van der Waals surface area contributed by atoms with Gasteiger partial charge in [-0.3, -0.25) is 4.79 Å². The van der Waals surface area contributed by atoms with Crippen LogP contribution in [0.15, 0.2) is 23.3 Å². The van der Waals surface area contributed by atoms with Gasteiger partial charge in [-0.25, -0.2) is 0 Å². The number of nitrogens with one attached hydrogen (secondary N) is 1. The number of hydrogen-bond donors (Lipinski definition) is 1. The fraction of sp³-hybridized carbons (Fsp3) is 0.300. The lowest BCUT2D eigenvalue weighted by Gasteiger charge is -2.05. The van der Waals surface area contributed by atoms with Crippen molar-refractivity contribution in [3.05, 3.63) is 40.1 Å². The van der Waals surface area contributed by atoms with Gasteiger partial charge in [0.25, 0.3) is 5.56 Å². The van der Waals surface area contributed by atoms with Crippen LogP contribution in [0.5, 0.6) is 0 Å². The molecule has 0 saturated carbocycles. The van der Waals surface area contributed by atoms with Gasteiger partial charge in [0.15, 0.2) is 0 Å². The molecule has 15 heavy (non-hydrogen) atoms. The molecule has 0 aliphatic heterocycles. The molecule has 2 rings (SSSR count). The van der Waals surface area contributed by atoms with E-state index in [2.05, 4.69) is 15.2 Å². The molecule has 0 aliphatic carbocycles. The molecule has 0 amide bonds. The molecule has 0 atom stereocenters. The average molecular weight is 204 g/mol. The molecule has 0 aliphatic rings. The molecule has 5 nitrogen and oxygen atoms in total. The Morgan fingerprint density at radius 1 is 1.40 bits per heavy atom. The summed E-state index contributed by atoms with van der Waals surface area (Å²) in [6, 6.07) is 1.83. The van der Waals surface area contributed by atoms with Gasteiger partial charge < -0.3 is 4.98 Å². The van der Waals surface area contributed by atoms with E-state index in [4.69, 9.17) is 0 Å². The van der Waals surface area contributed by atoms with Crippen LogP contribution in [-0.4, -0.2) is 20.0 Å². The molecule has 0 unspecified atom stereocenters. The van der Waals surface area contributed by atoms with Gasteiger partial charge in [-0.1, -0.05) is 6.92 Å². The van der Waals surface area contributed by atoms with Crippen molar-refractivity contribution in [3.63, 3.8) is 0 Å². The topological polar surface area (TPSA) is 63.6 Å². The maximum atomic E-state index is 11.5. The van der Waals surface area contributed by atoms with Gasteiger partial charge in [-0.2, -0.15) is 10.2 Å². The van der Waals surface area contributed by atoms with Crippen LogP contribution >= 0.6 is 0 Å². The van der Waals surface area contributed by atoms with E-state index in [9.17, 15) is 4.79 Å². The second-order valence-corrected chi connectivity index (χ2v) is 3.31. The molecule has 2 aromatic rings. The molecule has 0 saturated heterocycles. The summed E-state index contributed by atoms with van der Waals surface area (Å²) in [6.07, 6.45) is 3.91. The van der Waals surface area contributed by atoms with E-state index in [1.165, 1.54) is 4.80 Å². The fourth-order valence-corrected chi connectivity index (χ4v) is 1.46. The predicted molar refractivity (Wildman–Crippen MR) is 56.1 cm³/mol. The van der Waals surface area contributed by atoms with E-state index in [0.29, 0.717) is 6.42 Å². The first kappa shape index (κ1) is 9.64. The number of aromatic nitrogens is 4. The first-order valence-corrected chi connectivity index (χ1v) is 4.82. The number of aromatic amines is 1. The summed E-state index contributed by atoms with van der Waals surface area (Å²) >= 11 is 0. The lowest BCUT2D eigenvalue weighted by Crippen LogP contribution is -2.16. The molecule has 2 heterocycles. The summed E-state index contributed by atoms with van der Waals surface area (Å²) < 4.78 is 0. The lowest BCUT2D eigenvalue weighted by molar-refractivity contribution is 0.737. The van der Waals surface area contributed by atoms with E-state index >= 15 is 0 Å². The highest BCUT2D eigenvalue weighted by molar-refractivity contribution is 5.36. The molecule has 0 radical (unpaired) electrons. The fourth-order valence-electron chi connectivity index (χ4n) is 1.46. The molecular weight excluding hydrogens is 192 g/mol. The highest BCUT2D eigenvalue weighted by atomic mass is 16.1. The molecule has 5 heteroatoms. The Hall–Kier alpha value is -1.91. The van der Waals surface area contributed by atoms with Crippen LogP contribution in [0.4, 0.5) is 0 Å². The average Bonchev–Trinajstić information content (AvgIpc) is 2.71. The van der Waals surface area contributed by atoms with Crippen LogP contribution in [0.2, 0.25) is 0 Å². The lowest BCUT2D eigenvalue weighted by atomic mass is 10.2. The van der Waals surface area contributed by atoms with Crippen molar-refractivity contribution in [2.75, 3.05) is 0 Å². The number of nitrogens with zero attached hydrogens (tertiary/aromatic N) is 3. The summed E-state index contributed by atoms with van der Waals surface area (Å²) in [5, 5.41) is 8.07. The number of aryl methyl sites for hydroxylation is 2. The van der Waals surface area contributed by atoms with Crippen molar-refractivity contribution in [2.24, 2.45) is 0 Å². The smallest absolute Gasteiger partial charge is 0.251 e. The van der Waals surface area contributed by atoms with E-state index in [-0.39, 0.29) is 5.56 Å². The highest BCUT2D eigenvalue weighted by Gasteiger charge is 2.06. The second-order valence-electron chi connectivity index (χ2n) is 3.31. The quantitative estimate of drug-likeness (QED) is 0.787. The largest absolute Gasteiger partial charge is 0.324 e. The predicted octanol–water partition coefficient (Wildman–Crippen LogP) is 0.826. The van der Waals surface area contributed by atoms with Crippen LogP contribution in [0.3, 0.4) is 0 Å². The Morgan fingerprint density at radius 3 is 2.67 bits per heavy atom. The van der Waals surface area contributed by atoms with Crippen molar-refractivity contribution < 1.29 is 0 Å². The summed E-state index contributed by atoms with van der Waals surface area (Å²) in [5.41, 5.74) is 2.30. The monoisotopic (exact) mass is 204 g/mol. The molecule has 78 valence electrons. The molecule has 0 bridgehead atoms. The molecule has 2 aromatic heterocycles. The van der Waals surface area contributed by atoms with Gasteiger partial charge in [0.2, 0.25) is 0 Å². The molecule has 0 fully saturated rings. The van der Waals surface area contributed by atoms with Gasteiger partial charge in [0, 0.05) is 11.3 Å². The Kier molecular flexibility index (Phi) is 2.37. The first-order valence-electron chi connectivity index (χ1n) is 4.82. The zero-order valence-corrected chi connectivity index (χ0v) is 8.69. The first-order chi connectivity index (χ1) is 7.22. The summed E-state index contributed by atoms with van der Waals surface area (Å²) in [7, 11) is 0. The van der Waals surface area contributed by atoms with Crippen molar-refractivity contribution in [1.29, 1.82) is 0 Å². The minimum Gasteiger partial charge on any atom is -0.324 e. The molecular formula is C10H12N4O. The molecule has 0 aromatic carbocycles. The summed E-state index contributed by atoms with van der Waals surface area (Å²) in [6.45, 7) is 3.78. The highest BCUT2D eigenvalue weighted by Crippen LogP contribution is 2.08. The Bertz CT molecular complexity index is 513. The van der Waals surface area contributed by atoms with E-state index in [0.717, 1.165) is 16.9 Å². The van der Waals surface area contributed by atoms with Crippen molar-refractivity contribution in [3.8, 4) is 5.69 Å². The number of hydrogen-bond acceptors (Lipinski definition) is 3. The SMILES string of the molecule is CCc1cc(-n2nccn2)c(C)[nH]c1=O. The van der Waals surface area contributed by atoms with Crippen LogP contribution < -0.4 is 5.56 Å². The van der Waals surface area contributed by atoms with Crippen molar-refractivity contribution >= 4 is 0 Å². The third kappa shape index (κ3) is 1.68. The van der Waals surface area contributed by atoms with Crippen LogP contribution in [0.1, 0.15) is 18.2 Å². The van der Waals surface area contributed by atoms with E-state index in [1.807, 2.05) is 19.9 Å². The van der Waals surface area contributed by atoms with Crippen molar-refractivity contribution in [2.45, 2.75) is 20.3 Å². The third-order valence-corrected chi connectivity index (χ3v) is 2.30. The van der Waals surface area contributed by atoms with Crippen molar-refractivity contribution in [1.82, 2.24) is 20.0 Å². The summed E-state index contributed by atoms with van der Waals surface area (Å²) in [4.78, 5) is 15.8. The Balaban J connectivity index is 2.62.